The maximum atomic E-state index is 13.3. The number of rotatable bonds is 6. The molecule has 0 saturated carbocycles. The van der Waals surface area contributed by atoms with Crippen LogP contribution in [-0.4, -0.2) is 46.3 Å². The van der Waals surface area contributed by atoms with E-state index in [-0.39, 0.29) is 12.0 Å². The van der Waals surface area contributed by atoms with Gasteiger partial charge in [0, 0.05) is 18.0 Å². The third kappa shape index (κ3) is 5.01. The van der Waals surface area contributed by atoms with Crippen molar-refractivity contribution in [3.8, 4) is 5.75 Å². The van der Waals surface area contributed by atoms with Crippen LogP contribution in [0.25, 0.3) is 10.8 Å². The van der Waals surface area contributed by atoms with Crippen LogP contribution in [0.1, 0.15) is 16.8 Å². The summed E-state index contributed by atoms with van der Waals surface area (Å²) in [7, 11) is 0. The minimum atomic E-state index is -1.22. The standard InChI is InChI=1S/C28H22N4O5/c33-25(18-37-23-11-10-19-6-4-5-7-21(19)16-23)30-32(27(35)20-12-14-29-15-13-20)24-17-26(34)31(28(24)36)22-8-2-1-3-9-22/h1-16,24H,17-18H2,(H,30,33). The summed E-state index contributed by atoms with van der Waals surface area (Å²) in [6.07, 6.45) is 2.57. The molecule has 1 aliphatic heterocycles. The summed E-state index contributed by atoms with van der Waals surface area (Å²) in [5.41, 5.74) is 3.08. The number of aromatic nitrogens is 1. The Labute approximate surface area is 212 Å². The lowest BCUT2D eigenvalue weighted by Gasteiger charge is -2.28. The van der Waals surface area contributed by atoms with Crippen molar-refractivity contribution >= 4 is 40.1 Å². The summed E-state index contributed by atoms with van der Waals surface area (Å²) in [6, 6.07) is 23.3. The van der Waals surface area contributed by atoms with Gasteiger partial charge in [-0.2, -0.15) is 0 Å². The van der Waals surface area contributed by atoms with Crippen molar-refractivity contribution < 1.29 is 23.9 Å². The van der Waals surface area contributed by atoms with Crippen LogP contribution < -0.4 is 15.1 Å². The van der Waals surface area contributed by atoms with E-state index in [2.05, 4.69) is 10.4 Å². The van der Waals surface area contributed by atoms with E-state index in [0.717, 1.165) is 20.7 Å². The molecule has 2 heterocycles. The molecule has 5 rings (SSSR count). The van der Waals surface area contributed by atoms with Crippen molar-refractivity contribution in [2.24, 2.45) is 0 Å². The molecular weight excluding hydrogens is 472 g/mol. The number of hydrogen-bond donors (Lipinski definition) is 1. The molecule has 1 saturated heterocycles. The van der Waals surface area contributed by atoms with Crippen LogP contribution in [0.3, 0.4) is 0 Å². The molecule has 4 aromatic rings. The molecule has 9 nitrogen and oxygen atoms in total. The van der Waals surface area contributed by atoms with Gasteiger partial charge in [0.15, 0.2) is 6.61 Å². The molecule has 1 N–H and O–H groups in total. The molecule has 3 aromatic carbocycles. The molecule has 1 unspecified atom stereocenters. The molecule has 4 amide bonds. The molecule has 184 valence electrons. The van der Waals surface area contributed by atoms with Gasteiger partial charge in [0.25, 0.3) is 17.7 Å². The first-order valence-corrected chi connectivity index (χ1v) is 11.6. The number of amides is 4. The number of ether oxygens (including phenoxy) is 1. The van der Waals surface area contributed by atoms with Gasteiger partial charge < -0.3 is 4.74 Å². The minimum Gasteiger partial charge on any atom is -0.484 e. The highest BCUT2D eigenvalue weighted by Crippen LogP contribution is 2.26. The number of pyridine rings is 1. The summed E-state index contributed by atoms with van der Waals surface area (Å²) < 4.78 is 5.64. The fraction of sp³-hybridized carbons (Fsp3) is 0.107. The first-order valence-electron chi connectivity index (χ1n) is 11.6. The number of carbonyl (C=O) groups is 4. The van der Waals surface area contributed by atoms with Gasteiger partial charge >= 0.3 is 0 Å². The molecule has 0 radical (unpaired) electrons. The van der Waals surface area contributed by atoms with E-state index in [9.17, 15) is 19.2 Å². The molecular formula is C28H22N4O5. The van der Waals surface area contributed by atoms with Gasteiger partial charge in [0.1, 0.15) is 11.8 Å². The summed E-state index contributed by atoms with van der Waals surface area (Å²) in [5.74, 6) is -1.93. The Balaban J connectivity index is 1.35. The van der Waals surface area contributed by atoms with Crippen molar-refractivity contribution in [3.63, 3.8) is 0 Å². The number of hydrogen-bond acceptors (Lipinski definition) is 6. The molecule has 37 heavy (non-hydrogen) atoms. The maximum absolute atomic E-state index is 13.3. The minimum absolute atomic E-state index is 0.198. The number of imide groups is 1. The van der Waals surface area contributed by atoms with Gasteiger partial charge in [-0.1, -0.05) is 48.5 Å². The second kappa shape index (κ2) is 10.3. The van der Waals surface area contributed by atoms with Crippen LogP contribution in [0.4, 0.5) is 5.69 Å². The third-order valence-corrected chi connectivity index (χ3v) is 5.93. The monoisotopic (exact) mass is 494 g/mol. The van der Waals surface area contributed by atoms with Gasteiger partial charge in [0.2, 0.25) is 5.91 Å². The molecule has 0 spiro atoms. The number of nitrogens with zero attached hydrogens (tertiary/aromatic N) is 3. The van der Waals surface area contributed by atoms with Crippen LogP contribution in [0.2, 0.25) is 0 Å². The summed E-state index contributed by atoms with van der Waals surface area (Å²) in [6.45, 7) is -0.407. The Kier molecular flexibility index (Phi) is 6.58. The van der Waals surface area contributed by atoms with E-state index in [1.807, 2.05) is 30.3 Å². The Morgan fingerprint density at radius 3 is 2.38 bits per heavy atom. The fourth-order valence-corrected chi connectivity index (χ4v) is 4.14. The average Bonchev–Trinajstić information content (AvgIpc) is 3.24. The lowest BCUT2D eigenvalue weighted by Crippen LogP contribution is -2.55. The Morgan fingerprint density at radius 1 is 0.919 bits per heavy atom. The summed E-state index contributed by atoms with van der Waals surface area (Å²) in [5, 5.41) is 2.89. The second-order valence-electron chi connectivity index (χ2n) is 8.37. The number of nitrogens with one attached hydrogen (secondary N) is 1. The van der Waals surface area contributed by atoms with E-state index in [0.29, 0.717) is 11.4 Å². The number of carbonyl (C=O) groups excluding carboxylic acids is 4. The van der Waals surface area contributed by atoms with Crippen molar-refractivity contribution in [2.75, 3.05) is 11.5 Å². The highest BCUT2D eigenvalue weighted by molar-refractivity contribution is 6.23. The highest BCUT2D eigenvalue weighted by Gasteiger charge is 2.45. The smallest absolute Gasteiger partial charge is 0.276 e. The Hall–Kier alpha value is -5.05. The highest BCUT2D eigenvalue weighted by atomic mass is 16.5. The summed E-state index contributed by atoms with van der Waals surface area (Å²) in [4.78, 5) is 57.2. The number of fused-ring (bicyclic) bond motifs is 1. The number of hydrazine groups is 1. The van der Waals surface area contributed by atoms with Crippen LogP contribution in [0, 0.1) is 0 Å². The van der Waals surface area contributed by atoms with E-state index >= 15 is 0 Å². The van der Waals surface area contributed by atoms with Crippen molar-refractivity contribution in [2.45, 2.75) is 12.5 Å². The molecule has 1 aliphatic rings. The van der Waals surface area contributed by atoms with Crippen LogP contribution in [0.5, 0.6) is 5.75 Å². The zero-order chi connectivity index (χ0) is 25.8. The summed E-state index contributed by atoms with van der Waals surface area (Å²) >= 11 is 0. The predicted molar refractivity (Wildman–Crippen MR) is 135 cm³/mol. The van der Waals surface area contributed by atoms with Gasteiger partial charge in [-0.3, -0.25) is 29.6 Å². The Morgan fingerprint density at radius 2 is 1.62 bits per heavy atom. The predicted octanol–water partition coefficient (Wildman–Crippen LogP) is 3.12. The number of para-hydroxylation sites is 1. The SMILES string of the molecule is O=C(COc1ccc2ccccc2c1)NN(C(=O)c1ccncc1)C1CC(=O)N(c2ccccc2)C1=O. The Bertz CT molecular complexity index is 1480. The maximum Gasteiger partial charge on any atom is 0.276 e. The van der Waals surface area contributed by atoms with Gasteiger partial charge in [0.05, 0.1) is 12.1 Å². The van der Waals surface area contributed by atoms with E-state index in [4.69, 9.17) is 4.74 Å². The van der Waals surface area contributed by atoms with Crippen molar-refractivity contribution in [1.82, 2.24) is 15.4 Å². The molecule has 9 heteroatoms. The fourth-order valence-electron chi connectivity index (χ4n) is 4.14. The first kappa shape index (κ1) is 23.7. The van der Waals surface area contributed by atoms with Gasteiger partial charge in [-0.25, -0.2) is 9.91 Å². The molecule has 0 bridgehead atoms. The number of anilines is 1. The molecule has 1 atom stereocenters. The normalized spacial score (nSPS) is 15.0. The van der Waals surface area contributed by atoms with Gasteiger partial charge in [-0.15, -0.1) is 0 Å². The van der Waals surface area contributed by atoms with Gasteiger partial charge in [-0.05, 0) is 47.2 Å². The van der Waals surface area contributed by atoms with Crippen molar-refractivity contribution in [1.29, 1.82) is 0 Å². The van der Waals surface area contributed by atoms with Crippen LogP contribution in [0.15, 0.2) is 97.3 Å². The van der Waals surface area contributed by atoms with Crippen LogP contribution >= 0.6 is 0 Å². The molecule has 0 aliphatic carbocycles. The lowest BCUT2D eigenvalue weighted by atomic mass is 10.1. The van der Waals surface area contributed by atoms with Crippen molar-refractivity contribution in [3.05, 3.63) is 103 Å². The largest absolute Gasteiger partial charge is 0.484 e. The first-order chi connectivity index (χ1) is 18.0. The quantitative estimate of drug-likeness (QED) is 0.326. The third-order valence-electron chi connectivity index (χ3n) is 5.93. The van der Waals surface area contributed by atoms with Crippen LogP contribution in [-0.2, 0) is 14.4 Å². The van der Waals surface area contributed by atoms with E-state index in [1.165, 1.54) is 24.5 Å². The zero-order valence-corrected chi connectivity index (χ0v) is 19.6. The second-order valence-corrected chi connectivity index (χ2v) is 8.37. The lowest BCUT2D eigenvalue weighted by molar-refractivity contribution is -0.130. The van der Waals surface area contributed by atoms with E-state index < -0.39 is 36.3 Å². The number of benzene rings is 3. The average molecular weight is 495 g/mol. The molecule has 1 fully saturated rings. The zero-order valence-electron chi connectivity index (χ0n) is 19.6. The molecule has 1 aromatic heterocycles. The topological polar surface area (TPSA) is 109 Å². The van der Waals surface area contributed by atoms with E-state index in [1.54, 1.807) is 42.5 Å².